The number of guanidine groups is 1. The lowest BCUT2D eigenvalue weighted by atomic mass is 10.1. The largest absolute Gasteiger partial charge is 0.359 e. The molecule has 1 aromatic carbocycles. The highest BCUT2D eigenvalue weighted by molar-refractivity contribution is 7.89. The van der Waals surface area contributed by atoms with Gasteiger partial charge in [-0.3, -0.25) is 4.99 Å². The molecule has 9 heteroatoms. The normalized spacial score (nSPS) is 12.4. The van der Waals surface area contributed by atoms with Gasteiger partial charge in [0.05, 0.1) is 17.1 Å². The Labute approximate surface area is 153 Å². The maximum Gasteiger partial charge on any atom is 0.238 e. The van der Waals surface area contributed by atoms with Gasteiger partial charge >= 0.3 is 0 Å². The fourth-order valence-electron chi connectivity index (χ4n) is 2.25. The molecule has 2 rings (SSSR count). The second-order valence-corrected chi connectivity index (χ2v) is 7.73. The molecule has 0 aliphatic heterocycles. The molecule has 4 N–H and O–H groups in total. The molecule has 0 atom stereocenters. The average molecular weight is 379 g/mol. The zero-order valence-electron chi connectivity index (χ0n) is 15.2. The lowest BCUT2D eigenvalue weighted by molar-refractivity contribution is 0.372. The summed E-state index contributed by atoms with van der Waals surface area (Å²) in [7, 11) is -1.96. The van der Waals surface area contributed by atoms with E-state index in [-0.39, 0.29) is 4.90 Å². The summed E-state index contributed by atoms with van der Waals surface area (Å²) in [6, 6.07) is 8.44. The van der Waals surface area contributed by atoms with Crippen LogP contribution in [0, 0.1) is 0 Å². The molecule has 8 nitrogen and oxygen atoms in total. The van der Waals surface area contributed by atoms with E-state index in [1.807, 2.05) is 6.07 Å². The second-order valence-electron chi connectivity index (χ2n) is 6.16. The van der Waals surface area contributed by atoms with Crippen LogP contribution in [0.2, 0.25) is 0 Å². The molecule has 26 heavy (non-hydrogen) atoms. The molecular weight excluding hydrogens is 354 g/mol. The van der Waals surface area contributed by atoms with Gasteiger partial charge in [-0.05, 0) is 30.0 Å². The van der Waals surface area contributed by atoms with Crippen LogP contribution in [0.3, 0.4) is 0 Å². The summed E-state index contributed by atoms with van der Waals surface area (Å²) in [5, 5.41) is 15.5. The van der Waals surface area contributed by atoms with Crippen LogP contribution in [0.5, 0.6) is 0 Å². The SMILES string of the molecule is CN=C(NCCc1ccc(S(N)(=O)=O)cc1)NCc1cc(C(C)C)no1. The first-order valence-corrected chi connectivity index (χ1v) is 9.86. The number of benzene rings is 1. The topological polar surface area (TPSA) is 123 Å². The number of nitrogens with two attached hydrogens (primary N) is 1. The lowest BCUT2D eigenvalue weighted by Gasteiger charge is -2.10. The van der Waals surface area contributed by atoms with Gasteiger partial charge in [0.2, 0.25) is 10.0 Å². The summed E-state index contributed by atoms with van der Waals surface area (Å²) in [5.41, 5.74) is 1.92. The van der Waals surface area contributed by atoms with Gasteiger partial charge < -0.3 is 15.2 Å². The number of hydrogen-bond donors (Lipinski definition) is 3. The Morgan fingerprint density at radius 1 is 1.27 bits per heavy atom. The predicted octanol–water partition coefficient (Wildman–Crippen LogP) is 1.35. The molecule has 0 amide bonds. The minimum absolute atomic E-state index is 0.111. The van der Waals surface area contributed by atoms with E-state index in [2.05, 4.69) is 34.6 Å². The van der Waals surface area contributed by atoms with Crippen LogP contribution >= 0.6 is 0 Å². The van der Waals surface area contributed by atoms with Gasteiger partial charge in [-0.15, -0.1) is 0 Å². The Balaban J connectivity index is 1.79. The zero-order chi connectivity index (χ0) is 19.2. The fraction of sp³-hybridized carbons (Fsp3) is 0.412. The minimum atomic E-state index is -3.65. The van der Waals surface area contributed by atoms with Gasteiger partial charge in [0.15, 0.2) is 11.7 Å². The third kappa shape index (κ3) is 5.85. The van der Waals surface area contributed by atoms with Gasteiger partial charge in [0, 0.05) is 19.7 Å². The third-order valence-electron chi connectivity index (χ3n) is 3.78. The monoisotopic (exact) mass is 379 g/mol. The highest BCUT2D eigenvalue weighted by Crippen LogP contribution is 2.13. The van der Waals surface area contributed by atoms with E-state index in [0.29, 0.717) is 31.4 Å². The molecular formula is C17H25N5O3S. The number of hydrogen-bond acceptors (Lipinski definition) is 5. The number of sulfonamides is 1. The van der Waals surface area contributed by atoms with Gasteiger partial charge in [0.25, 0.3) is 0 Å². The Morgan fingerprint density at radius 2 is 1.96 bits per heavy atom. The Kier molecular flexibility index (Phi) is 6.76. The van der Waals surface area contributed by atoms with E-state index >= 15 is 0 Å². The van der Waals surface area contributed by atoms with E-state index in [1.54, 1.807) is 19.2 Å². The van der Waals surface area contributed by atoms with Crippen molar-refractivity contribution in [1.82, 2.24) is 15.8 Å². The van der Waals surface area contributed by atoms with Crippen LogP contribution < -0.4 is 15.8 Å². The number of primary sulfonamides is 1. The average Bonchev–Trinajstić information content (AvgIpc) is 3.07. The summed E-state index contributed by atoms with van der Waals surface area (Å²) in [5.74, 6) is 1.72. The van der Waals surface area contributed by atoms with Crippen molar-refractivity contribution in [3.05, 3.63) is 47.3 Å². The first kappa shape index (κ1) is 19.9. The second kappa shape index (κ2) is 8.81. The molecule has 0 aliphatic rings. The van der Waals surface area contributed by atoms with Crippen molar-refractivity contribution >= 4 is 16.0 Å². The van der Waals surface area contributed by atoms with Gasteiger partial charge in [0.1, 0.15) is 0 Å². The Hall–Kier alpha value is -2.39. The van der Waals surface area contributed by atoms with Crippen molar-refractivity contribution in [3.63, 3.8) is 0 Å². The van der Waals surface area contributed by atoms with E-state index in [9.17, 15) is 8.42 Å². The Bertz CT molecular complexity index is 842. The highest BCUT2D eigenvalue weighted by atomic mass is 32.2. The summed E-state index contributed by atoms with van der Waals surface area (Å²) < 4.78 is 27.8. The molecule has 2 aromatic rings. The van der Waals surface area contributed by atoms with Crippen molar-refractivity contribution in [1.29, 1.82) is 0 Å². The molecule has 0 spiro atoms. The summed E-state index contributed by atoms with van der Waals surface area (Å²) in [6.07, 6.45) is 0.714. The summed E-state index contributed by atoms with van der Waals surface area (Å²) in [6.45, 7) is 5.25. The van der Waals surface area contributed by atoms with E-state index < -0.39 is 10.0 Å². The maximum absolute atomic E-state index is 11.2. The molecule has 0 radical (unpaired) electrons. The van der Waals surface area contributed by atoms with Crippen LogP contribution in [0.25, 0.3) is 0 Å². The molecule has 0 fully saturated rings. The van der Waals surface area contributed by atoms with Crippen molar-refractivity contribution in [3.8, 4) is 0 Å². The number of nitrogens with zero attached hydrogens (tertiary/aromatic N) is 2. The van der Waals surface area contributed by atoms with Gasteiger partial charge in [-0.2, -0.15) is 0 Å². The standard InChI is InChI=1S/C17H25N5O3S/c1-12(2)16-10-14(25-22-16)11-21-17(19-3)20-9-8-13-4-6-15(7-5-13)26(18,23)24/h4-7,10,12H,8-9,11H2,1-3H3,(H2,18,23,24)(H2,19,20,21). The molecule has 0 saturated carbocycles. The molecule has 1 heterocycles. The van der Waals surface area contributed by atoms with E-state index in [4.69, 9.17) is 9.66 Å². The summed E-state index contributed by atoms with van der Waals surface area (Å²) in [4.78, 5) is 4.27. The first-order valence-electron chi connectivity index (χ1n) is 8.31. The van der Waals surface area contributed by atoms with E-state index in [1.165, 1.54) is 12.1 Å². The molecule has 0 unspecified atom stereocenters. The lowest BCUT2D eigenvalue weighted by Crippen LogP contribution is -2.37. The number of rotatable bonds is 7. The van der Waals surface area contributed by atoms with E-state index in [0.717, 1.165) is 17.0 Å². The van der Waals surface area contributed by atoms with Crippen LogP contribution in [0.4, 0.5) is 0 Å². The van der Waals surface area contributed by atoms with Crippen LogP contribution in [-0.4, -0.2) is 33.1 Å². The van der Waals surface area contributed by atoms with Crippen LogP contribution in [0.1, 0.15) is 36.8 Å². The first-order chi connectivity index (χ1) is 12.3. The fourth-order valence-corrected chi connectivity index (χ4v) is 2.76. The molecule has 142 valence electrons. The molecule has 0 saturated heterocycles. The maximum atomic E-state index is 11.2. The van der Waals surface area contributed by atoms with Crippen LogP contribution in [0.15, 0.2) is 44.7 Å². The minimum Gasteiger partial charge on any atom is -0.359 e. The quantitative estimate of drug-likeness (QED) is 0.493. The number of nitrogens with one attached hydrogen (secondary N) is 2. The predicted molar refractivity (Wildman–Crippen MR) is 100 cm³/mol. The third-order valence-corrected chi connectivity index (χ3v) is 4.71. The Morgan fingerprint density at radius 3 is 2.50 bits per heavy atom. The van der Waals surface area contributed by atoms with Crippen molar-refractivity contribution in [2.24, 2.45) is 10.1 Å². The van der Waals surface area contributed by atoms with Crippen molar-refractivity contribution < 1.29 is 12.9 Å². The number of aromatic nitrogens is 1. The zero-order valence-corrected chi connectivity index (χ0v) is 16.0. The number of aliphatic imine (C=N–C) groups is 1. The summed E-state index contributed by atoms with van der Waals surface area (Å²) >= 11 is 0. The van der Waals surface area contributed by atoms with Crippen molar-refractivity contribution in [2.45, 2.75) is 37.6 Å². The van der Waals surface area contributed by atoms with Crippen molar-refractivity contribution in [2.75, 3.05) is 13.6 Å². The molecule has 0 aliphatic carbocycles. The van der Waals surface area contributed by atoms with Gasteiger partial charge in [-0.1, -0.05) is 31.1 Å². The smallest absolute Gasteiger partial charge is 0.238 e. The van der Waals surface area contributed by atoms with Crippen LogP contribution in [-0.2, 0) is 23.0 Å². The molecule has 1 aromatic heterocycles. The van der Waals surface area contributed by atoms with Gasteiger partial charge in [-0.25, -0.2) is 13.6 Å². The highest BCUT2D eigenvalue weighted by Gasteiger charge is 2.09. The molecule has 0 bridgehead atoms.